The molecular formula is C15H20BrNO3. The van der Waals surface area contributed by atoms with Crippen molar-refractivity contribution in [3.63, 3.8) is 0 Å². The van der Waals surface area contributed by atoms with E-state index < -0.39 is 5.97 Å². The predicted molar refractivity (Wildman–Crippen MR) is 81.0 cm³/mol. The smallest absolute Gasteiger partial charge is 0.306 e. The van der Waals surface area contributed by atoms with Crippen LogP contribution in [-0.4, -0.2) is 41.7 Å². The van der Waals surface area contributed by atoms with Gasteiger partial charge in [0.15, 0.2) is 0 Å². The van der Waals surface area contributed by atoms with Crippen LogP contribution in [0.3, 0.4) is 0 Å². The van der Waals surface area contributed by atoms with Gasteiger partial charge < -0.3 is 9.84 Å². The van der Waals surface area contributed by atoms with E-state index in [0.717, 1.165) is 36.2 Å². The fourth-order valence-electron chi connectivity index (χ4n) is 2.59. The van der Waals surface area contributed by atoms with Gasteiger partial charge in [-0.15, -0.1) is 0 Å². The van der Waals surface area contributed by atoms with Crippen LogP contribution >= 0.6 is 15.9 Å². The van der Waals surface area contributed by atoms with Crippen molar-refractivity contribution in [1.29, 1.82) is 0 Å². The minimum absolute atomic E-state index is 0.186. The van der Waals surface area contributed by atoms with Crippen LogP contribution in [0.15, 0.2) is 28.7 Å². The van der Waals surface area contributed by atoms with Crippen LogP contribution in [0.25, 0.3) is 0 Å². The molecule has 1 N–H and O–H groups in total. The highest BCUT2D eigenvalue weighted by Gasteiger charge is 2.29. The summed E-state index contributed by atoms with van der Waals surface area (Å²) in [5.41, 5.74) is 0. The summed E-state index contributed by atoms with van der Waals surface area (Å²) >= 11 is 3.39. The van der Waals surface area contributed by atoms with Gasteiger partial charge in [0.1, 0.15) is 12.4 Å². The number of rotatable bonds is 5. The monoisotopic (exact) mass is 341 g/mol. The maximum absolute atomic E-state index is 11.0. The lowest BCUT2D eigenvalue weighted by Crippen LogP contribution is -2.44. The standard InChI is InChI=1S/C15H20BrNO3/c1-11-10-12(15(18)19)6-7-17(11)8-9-20-14-4-2-13(16)3-5-14/h2-5,11-12H,6-10H2,1H3,(H,18,19). The van der Waals surface area contributed by atoms with E-state index in [0.29, 0.717) is 12.6 Å². The molecule has 0 bridgehead atoms. The largest absolute Gasteiger partial charge is 0.492 e. The number of halogens is 1. The minimum Gasteiger partial charge on any atom is -0.492 e. The van der Waals surface area contributed by atoms with Crippen LogP contribution < -0.4 is 4.74 Å². The number of likely N-dealkylation sites (tertiary alicyclic amines) is 1. The number of carboxylic acids is 1. The third kappa shape index (κ3) is 4.21. The third-order valence-corrected chi connectivity index (χ3v) is 4.35. The van der Waals surface area contributed by atoms with E-state index in [1.165, 1.54) is 0 Å². The Kier molecular flexibility index (Phi) is 5.43. The summed E-state index contributed by atoms with van der Waals surface area (Å²) in [6.45, 7) is 4.39. The predicted octanol–water partition coefficient (Wildman–Crippen LogP) is 3.01. The molecule has 0 radical (unpaired) electrons. The van der Waals surface area contributed by atoms with Gasteiger partial charge in [0.2, 0.25) is 0 Å². The topological polar surface area (TPSA) is 49.8 Å². The molecule has 0 amide bonds. The molecule has 2 atom stereocenters. The molecule has 2 unspecified atom stereocenters. The SMILES string of the molecule is CC1CC(C(=O)O)CCN1CCOc1ccc(Br)cc1. The Morgan fingerprint density at radius 3 is 2.75 bits per heavy atom. The average molecular weight is 342 g/mol. The molecule has 1 aliphatic heterocycles. The van der Waals surface area contributed by atoms with Crippen molar-refractivity contribution in [3.8, 4) is 5.75 Å². The maximum atomic E-state index is 11.0. The molecule has 1 heterocycles. The van der Waals surface area contributed by atoms with Gasteiger partial charge in [0.05, 0.1) is 5.92 Å². The van der Waals surface area contributed by atoms with E-state index in [4.69, 9.17) is 9.84 Å². The molecule has 0 saturated carbocycles. The van der Waals surface area contributed by atoms with Crippen LogP contribution in [0.1, 0.15) is 19.8 Å². The summed E-state index contributed by atoms with van der Waals surface area (Å²) in [4.78, 5) is 13.3. The maximum Gasteiger partial charge on any atom is 0.306 e. The van der Waals surface area contributed by atoms with Crippen LogP contribution in [0.4, 0.5) is 0 Å². The van der Waals surface area contributed by atoms with Crippen molar-refractivity contribution in [3.05, 3.63) is 28.7 Å². The Bertz CT molecular complexity index is 449. The minimum atomic E-state index is -0.664. The van der Waals surface area contributed by atoms with Crippen molar-refractivity contribution in [1.82, 2.24) is 4.90 Å². The summed E-state index contributed by atoms with van der Waals surface area (Å²) in [6, 6.07) is 8.08. The molecule has 2 rings (SSSR count). The van der Waals surface area contributed by atoms with E-state index in [2.05, 4.69) is 27.8 Å². The molecule has 0 aliphatic carbocycles. The molecule has 5 heteroatoms. The van der Waals surface area contributed by atoms with Gasteiger partial charge >= 0.3 is 5.97 Å². The first kappa shape index (κ1) is 15.3. The fourth-order valence-corrected chi connectivity index (χ4v) is 2.85. The number of carboxylic acid groups (broad SMARTS) is 1. The molecule has 1 saturated heterocycles. The first-order valence-electron chi connectivity index (χ1n) is 6.91. The van der Waals surface area contributed by atoms with Gasteiger partial charge in [0.25, 0.3) is 0 Å². The molecule has 20 heavy (non-hydrogen) atoms. The zero-order chi connectivity index (χ0) is 14.5. The van der Waals surface area contributed by atoms with Crippen molar-refractivity contribution < 1.29 is 14.6 Å². The van der Waals surface area contributed by atoms with Gasteiger partial charge in [-0.05, 0) is 50.6 Å². The van der Waals surface area contributed by atoms with E-state index in [1.54, 1.807) is 0 Å². The summed E-state index contributed by atoms with van der Waals surface area (Å²) in [6.07, 6.45) is 1.46. The normalized spacial score (nSPS) is 23.5. The lowest BCUT2D eigenvalue weighted by Gasteiger charge is -2.36. The molecule has 0 spiro atoms. The molecule has 4 nitrogen and oxygen atoms in total. The fraction of sp³-hybridized carbons (Fsp3) is 0.533. The van der Waals surface area contributed by atoms with Gasteiger partial charge in [-0.1, -0.05) is 15.9 Å². The lowest BCUT2D eigenvalue weighted by atomic mass is 9.92. The molecular weight excluding hydrogens is 322 g/mol. The average Bonchev–Trinajstić information content (AvgIpc) is 2.42. The number of carbonyl (C=O) groups is 1. The highest BCUT2D eigenvalue weighted by molar-refractivity contribution is 9.10. The number of nitrogens with zero attached hydrogens (tertiary/aromatic N) is 1. The Morgan fingerprint density at radius 1 is 1.45 bits per heavy atom. The summed E-state index contributed by atoms with van der Waals surface area (Å²) in [5, 5.41) is 9.04. The Hall–Kier alpha value is -1.07. The van der Waals surface area contributed by atoms with Crippen molar-refractivity contribution in [2.24, 2.45) is 5.92 Å². The molecule has 1 aromatic carbocycles. The number of ether oxygens (including phenoxy) is 1. The number of piperidine rings is 1. The lowest BCUT2D eigenvalue weighted by molar-refractivity contribution is -0.144. The highest BCUT2D eigenvalue weighted by atomic mass is 79.9. The van der Waals surface area contributed by atoms with Gasteiger partial charge in [-0.2, -0.15) is 0 Å². The highest BCUT2D eigenvalue weighted by Crippen LogP contribution is 2.23. The van der Waals surface area contributed by atoms with Crippen molar-refractivity contribution in [2.75, 3.05) is 19.7 Å². The third-order valence-electron chi connectivity index (χ3n) is 3.82. The van der Waals surface area contributed by atoms with Gasteiger partial charge in [-0.3, -0.25) is 9.69 Å². The Morgan fingerprint density at radius 2 is 2.15 bits per heavy atom. The van der Waals surface area contributed by atoms with Crippen LogP contribution in [0.2, 0.25) is 0 Å². The molecule has 1 fully saturated rings. The quantitative estimate of drug-likeness (QED) is 0.894. The zero-order valence-corrected chi connectivity index (χ0v) is 13.2. The first-order chi connectivity index (χ1) is 9.56. The second kappa shape index (κ2) is 7.09. The second-order valence-corrected chi connectivity index (χ2v) is 6.16. The van der Waals surface area contributed by atoms with Crippen molar-refractivity contribution in [2.45, 2.75) is 25.8 Å². The first-order valence-corrected chi connectivity index (χ1v) is 7.71. The number of hydrogen-bond donors (Lipinski definition) is 1. The van der Waals surface area contributed by atoms with Crippen LogP contribution in [0.5, 0.6) is 5.75 Å². The Labute approximate surface area is 127 Å². The number of benzene rings is 1. The summed E-state index contributed by atoms with van der Waals surface area (Å²) < 4.78 is 6.74. The van der Waals surface area contributed by atoms with E-state index >= 15 is 0 Å². The van der Waals surface area contributed by atoms with E-state index in [9.17, 15) is 4.79 Å². The number of aliphatic carboxylic acids is 1. The van der Waals surface area contributed by atoms with E-state index in [1.807, 2.05) is 24.3 Å². The summed E-state index contributed by atoms with van der Waals surface area (Å²) in [5.74, 6) is 0.0116. The molecule has 1 aliphatic rings. The van der Waals surface area contributed by atoms with Crippen LogP contribution in [-0.2, 0) is 4.79 Å². The molecule has 110 valence electrons. The van der Waals surface area contributed by atoms with Gasteiger partial charge in [0, 0.05) is 17.1 Å². The molecule has 1 aromatic rings. The summed E-state index contributed by atoms with van der Waals surface area (Å²) in [7, 11) is 0. The molecule has 0 aromatic heterocycles. The van der Waals surface area contributed by atoms with E-state index in [-0.39, 0.29) is 5.92 Å². The zero-order valence-electron chi connectivity index (χ0n) is 11.6. The second-order valence-electron chi connectivity index (χ2n) is 5.25. The van der Waals surface area contributed by atoms with Gasteiger partial charge in [-0.25, -0.2) is 0 Å². The van der Waals surface area contributed by atoms with Crippen molar-refractivity contribution >= 4 is 21.9 Å². The Balaban J connectivity index is 1.74. The number of hydrogen-bond acceptors (Lipinski definition) is 3. The van der Waals surface area contributed by atoms with Crippen LogP contribution in [0, 0.1) is 5.92 Å².